The molecule has 0 unspecified atom stereocenters. The zero-order chi connectivity index (χ0) is 20.5. The van der Waals surface area contributed by atoms with Gasteiger partial charge in [0, 0.05) is 51.7 Å². The molecular formula is C18H17Cl2FN4O2S. The highest BCUT2D eigenvalue weighted by Crippen LogP contribution is 2.36. The van der Waals surface area contributed by atoms with Crippen LogP contribution < -0.4 is 9.97 Å². The first-order valence-corrected chi connectivity index (χ1v) is 10.5. The van der Waals surface area contributed by atoms with Crippen molar-refractivity contribution in [2.45, 2.75) is 18.4 Å². The number of nitrogens with one attached hydrogen (secondary N) is 1. The SMILES string of the molecule is Cc1c(-c2cncc(S(N)(=O)=O)c2)c2cc(Cl)ccc2n1C/C(F)=C/CNCl. The van der Waals surface area contributed by atoms with Crippen LogP contribution in [-0.4, -0.2) is 24.5 Å². The Morgan fingerprint density at radius 2 is 2.11 bits per heavy atom. The average molecular weight is 443 g/mol. The molecular weight excluding hydrogens is 426 g/mol. The van der Waals surface area contributed by atoms with Crippen LogP contribution in [0.15, 0.2) is 53.5 Å². The molecule has 3 N–H and O–H groups in total. The van der Waals surface area contributed by atoms with Gasteiger partial charge in [-0.25, -0.2) is 22.8 Å². The predicted octanol–water partition coefficient (Wildman–Crippen LogP) is 3.91. The van der Waals surface area contributed by atoms with Crippen molar-refractivity contribution in [3.05, 3.63) is 59.3 Å². The zero-order valence-electron chi connectivity index (χ0n) is 14.8. The van der Waals surface area contributed by atoms with Crippen LogP contribution in [0.25, 0.3) is 22.0 Å². The molecule has 0 saturated heterocycles. The number of allylic oxidation sites excluding steroid dienone is 1. The maximum absolute atomic E-state index is 14.3. The Labute approximate surface area is 171 Å². The topological polar surface area (TPSA) is 90.0 Å². The minimum atomic E-state index is -3.91. The molecule has 0 spiro atoms. The van der Waals surface area contributed by atoms with E-state index in [1.807, 2.05) is 6.92 Å². The summed E-state index contributed by atoms with van der Waals surface area (Å²) in [6, 6.07) is 6.70. The van der Waals surface area contributed by atoms with E-state index in [9.17, 15) is 12.8 Å². The van der Waals surface area contributed by atoms with Gasteiger partial charge in [-0.3, -0.25) is 4.98 Å². The molecule has 10 heteroatoms. The van der Waals surface area contributed by atoms with Crippen molar-refractivity contribution < 1.29 is 12.8 Å². The monoisotopic (exact) mass is 442 g/mol. The summed E-state index contributed by atoms with van der Waals surface area (Å²) in [5.41, 5.74) is 2.73. The summed E-state index contributed by atoms with van der Waals surface area (Å²) in [7, 11) is -3.91. The molecule has 0 fully saturated rings. The highest BCUT2D eigenvalue weighted by Gasteiger charge is 2.19. The lowest BCUT2D eigenvalue weighted by Crippen LogP contribution is -2.12. The molecule has 28 heavy (non-hydrogen) atoms. The summed E-state index contributed by atoms with van der Waals surface area (Å²) >= 11 is 11.5. The van der Waals surface area contributed by atoms with Gasteiger partial charge in [0.05, 0.1) is 6.54 Å². The molecule has 0 radical (unpaired) electrons. The number of benzene rings is 1. The number of hydrogen-bond donors (Lipinski definition) is 2. The highest BCUT2D eigenvalue weighted by molar-refractivity contribution is 7.89. The second-order valence-corrected chi connectivity index (χ2v) is 8.42. The number of halogens is 3. The molecule has 6 nitrogen and oxygen atoms in total. The van der Waals surface area contributed by atoms with Crippen molar-refractivity contribution in [1.29, 1.82) is 0 Å². The van der Waals surface area contributed by atoms with Crippen molar-refractivity contribution in [2.75, 3.05) is 6.54 Å². The highest BCUT2D eigenvalue weighted by atomic mass is 35.5. The molecule has 0 aliphatic carbocycles. The van der Waals surface area contributed by atoms with Crippen LogP contribution in [0.3, 0.4) is 0 Å². The van der Waals surface area contributed by atoms with Crippen LogP contribution >= 0.6 is 23.4 Å². The third-order valence-corrected chi connectivity index (χ3v) is 5.60. The third kappa shape index (κ3) is 4.21. The Balaban J connectivity index is 2.24. The Morgan fingerprint density at radius 1 is 1.36 bits per heavy atom. The van der Waals surface area contributed by atoms with Gasteiger partial charge in [0.2, 0.25) is 10.0 Å². The fourth-order valence-electron chi connectivity index (χ4n) is 3.10. The van der Waals surface area contributed by atoms with Crippen LogP contribution in [0.1, 0.15) is 5.69 Å². The summed E-state index contributed by atoms with van der Waals surface area (Å²) in [5, 5.41) is 6.48. The Hall–Kier alpha value is -1.97. The van der Waals surface area contributed by atoms with E-state index in [1.54, 1.807) is 22.8 Å². The van der Waals surface area contributed by atoms with Crippen molar-refractivity contribution in [2.24, 2.45) is 5.14 Å². The summed E-state index contributed by atoms with van der Waals surface area (Å²) in [6.45, 7) is 2.00. The van der Waals surface area contributed by atoms with E-state index in [4.69, 9.17) is 28.5 Å². The summed E-state index contributed by atoms with van der Waals surface area (Å²) in [6.07, 6.45) is 4.06. The lowest BCUT2D eigenvalue weighted by atomic mass is 10.0. The van der Waals surface area contributed by atoms with Crippen molar-refractivity contribution in [1.82, 2.24) is 14.4 Å². The van der Waals surface area contributed by atoms with E-state index < -0.39 is 10.0 Å². The molecule has 0 aliphatic heterocycles. The van der Waals surface area contributed by atoms with Crippen LogP contribution in [-0.2, 0) is 16.6 Å². The van der Waals surface area contributed by atoms with E-state index in [-0.39, 0.29) is 23.8 Å². The minimum Gasteiger partial charge on any atom is -0.337 e. The first-order valence-electron chi connectivity index (χ1n) is 8.17. The number of fused-ring (bicyclic) bond motifs is 1. The molecule has 0 atom stereocenters. The molecule has 3 aromatic rings. The molecule has 0 bridgehead atoms. The summed E-state index contributed by atoms with van der Waals surface area (Å²) in [5.74, 6) is -0.369. The largest absolute Gasteiger partial charge is 0.337 e. The Bertz CT molecular complexity index is 1180. The lowest BCUT2D eigenvalue weighted by molar-refractivity contribution is 0.555. The maximum Gasteiger partial charge on any atom is 0.239 e. The molecule has 148 valence electrons. The quantitative estimate of drug-likeness (QED) is 0.566. The smallest absolute Gasteiger partial charge is 0.239 e. The maximum atomic E-state index is 14.3. The first kappa shape index (κ1) is 20.8. The van der Waals surface area contributed by atoms with Crippen molar-refractivity contribution >= 4 is 44.3 Å². The molecule has 2 heterocycles. The van der Waals surface area contributed by atoms with Gasteiger partial charge < -0.3 is 4.57 Å². The van der Waals surface area contributed by atoms with Gasteiger partial charge in [0.15, 0.2) is 0 Å². The fourth-order valence-corrected chi connectivity index (χ4v) is 3.85. The lowest BCUT2D eigenvalue weighted by Gasteiger charge is -2.08. The molecule has 2 aromatic heterocycles. The van der Waals surface area contributed by atoms with Crippen molar-refractivity contribution in [3.8, 4) is 11.1 Å². The van der Waals surface area contributed by atoms with Gasteiger partial charge in [0.1, 0.15) is 10.7 Å². The number of pyridine rings is 1. The second-order valence-electron chi connectivity index (χ2n) is 6.15. The Kier molecular flexibility index (Phi) is 6.07. The normalized spacial score (nSPS) is 12.7. The second kappa shape index (κ2) is 8.18. The van der Waals surface area contributed by atoms with Gasteiger partial charge in [-0.15, -0.1) is 0 Å². The van der Waals surface area contributed by atoms with Gasteiger partial charge in [-0.2, -0.15) is 0 Å². The van der Waals surface area contributed by atoms with Crippen molar-refractivity contribution in [3.63, 3.8) is 0 Å². The number of primary sulfonamides is 1. The van der Waals surface area contributed by atoms with Gasteiger partial charge >= 0.3 is 0 Å². The van der Waals surface area contributed by atoms with E-state index in [0.717, 1.165) is 16.6 Å². The molecule has 0 aliphatic rings. The number of sulfonamides is 1. The van der Waals surface area contributed by atoms with Crippen LogP contribution in [0.4, 0.5) is 4.39 Å². The standard InChI is InChI=1S/C18H17Cl2FN4O2S/c1-11-18(12-6-15(9-23-8-12)28(22,26)27)16-7-13(19)2-3-17(16)25(11)10-14(21)4-5-24-20/h2-4,6-9,24H,5,10H2,1H3,(H2,22,26,27)/b14-4-. The number of rotatable bonds is 6. The zero-order valence-corrected chi connectivity index (χ0v) is 17.1. The van der Waals surface area contributed by atoms with Crippen LogP contribution in [0, 0.1) is 6.92 Å². The van der Waals surface area contributed by atoms with E-state index >= 15 is 0 Å². The third-order valence-electron chi connectivity index (χ3n) is 4.33. The van der Waals surface area contributed by atoms with Gasteiger partial charge in [-0.05, 0) is 49.0 Å². The predicted molar refractivity (Wildman–Crippen MR) is 109 cm³/mol. The molecule has 0 saturated carbocycles. The van der Waals surface area contributed by atoms with Crippen LogP contribution in [0.5, 0.6) is 0 Å². The fraction of sp³-hybridized carbons (Fsp3) is 0.167. The molecule has 3 rings (SSSR count). The van der Waals surface area contributed by atoms with Crippen LogP contribution in [0.2, 0.25) is 5.02 Å². The van der Waals surface area contributed by atoms with E-state index in [1.165, 1.54) is 24.5 Å². The summed E-state index contributed by atoms with van der Waals surface area (Å²) in [4.78, 5) is 6.24. The molecule has 1 aromatic carbocycles. The Morgan fingerprint density at radius 3 is 2.79 bits per heavy atom. The summed E-state index contributed by atoms with van der Waals surface area (Å²) < 4.78 is 39.5. The number of nitrogens with zero attached hydrogens (tertiary/aromatic N) is 2. The average Bonchev–Trinajstić information content (AvgIpc) is 2.90. The van der Waals surface area contributed by atoms with E-state index in [0.29, 0.717) is 16.1 Å². The number of aromatic nitrogens is 2. The number of nitrogens with two attached hydrogens (primary N) is 1. The molecule has 0 amide bonds. The number of hydrogen-bond acceptors (Lipinski definition) is 4. The minimum absolute atomic E-state index is 0.00909. The van der Waals surface area contributed by atoms with Gasteiger partial charge in [-0.1, -0.05) is 11.6 Å². The van der Waals surface area contributed by atoms with E-state index in [2.05, 4.69) is 9.82 Å². The van der Waals surface area contributed by atoms with Gasteiger partial charge in [0.25, 0.3) is 0 Å². The first-order chi connectivity index (χ1) is 13.2.